The maximum atomic E-state index is 11.4. The minimum absolute atomic E-state index is 0.164. The van der Waals surface area contributed by atoms with E-state index in [2.05, 4.69) is 5.32 Å². The zero-order chi connectivity index (χ0) is 17.6. The van der Waals surface area contributed by atoms with Crippen molar-refractivity contribution in [2.45, 2.75) is 45.3 Å². The molecule has 0 bridgehead atoms. The van der Waals surface area contributed by atoms with Gasteiger partial charge in [-0.25, -0.2) is 0 Å². The second-order valence-electron chi connectivity index (χ2n) is 4.75. The van der Waals surface area contributed by atoms with E-state index in [0.717, 1.165) is 13.8 Å². The standard InChI is InChI=1S/C13H18ClNO8/c1-6(16)21-9-5-20-13(15-10(19)4-14)12(23-8(3)18)11(9)22-7(2)17/h9,11-13H,4-5H2,1-3H3,(H,15,19)/t9-,11+,12-,13-/m1/s1. The van der Waals surface area contributed by atoms with E-state index in [1.54, 1.807) is 0 Å². The number of hydrogen-bond acceptors (Lipinski definition) is 8. The molecule has 1 rings (SSSR count). The Morgan fingerprint density at radius 1 is 1.00 bits per heavy atom. The van der Waals surface area contributed by atoms with E-state index in [1.807, 2.05) is 0 Å². The fraction of sp³-hybridized carbons (Fsp3) is 0.692. The first kappa shape index (κ1) is 19.2. The molecule has 1 saturated heterocycles. The normalized spacial score (nSPS) is 26.8. The van der Waals surface area contributed by atoms with Crippen molar-refractivity contribution in [3.05, 3.63) is 0 Å². The molecule has 0 aromatic carbocycles. The number of rotatable bonds is 5. The van der Waals surface area contributed by atoms with Crippen molar-refractivity contribution >= 4 is 35.4 Å². The Kier molecular flexibility index (Phi) is 7.24. The van der Waals surface area contributed by atoms with Crippen LogP contribution in [-0.4, -0.2) is 60.8 Å². The SMILES string of the molecule is CC(=O)O[C@@H]1[C@@H](OC(C)=O)[C@H](OC(C)=O)CO[C@H]1NC(=O)CCl. The molecule has 0 saturated carbocycles. The molecule has 0 aromatic rings. The summed E-state index contributed by atoms with van der Waals surface area (Å²) in [6.07, 6.45) is -4.40. The second-order valence-corrected chi connectivity index (χ2v) is 5.02. The summed E-state index contributed by atoms with van der Waals surface area (Å²) in [4.78, 5) is 45.2. The lowest BCUT2D eigenvalue weighted by atomic mass is 10.0. The van der Waals surface area contributed by atoms with Crippen LogP contribution in [0.1, 0.15) is 20.8 Å². The van der Waals surface area contributed by atoms with Crippen LogP contribution in [0.3, 0.4) is 0 Å². The van der Waals surface area contributed by atoms with Gasteiger partial charge in [0.15, 0.2) is 24.5 Å². The van der Waals surface area contributed by atoms with Crippen molar-refractivity contribution in [3.8, 4) is 0 Å². The molecule has 0 aromatic heterocycles. The third-order valence-corrected chi connectivity index (χ3v) is 3.02. The van der Waals surface area contributed by atoms with Crippen LogP contribution in [0.2, 0.25) is 0 Å². The Labute approximate surface area is 137 Å². The molecule has 1 heterocycles. The van der Waals surface area contributed by atoms with E-state index in [-0.39, 0.29) is 12.5 Å². The summed E-state index contributed by atoms with van der Waals surface area (Å²) in [5.41, 5.74) is 0. The predicted molar refractivity (Wildman–Crippen MR) is 75.3 cm³/mol. The average Bonchev–Trinajstić information content (AvgIpc) is 2.43. The summed E-state index contributed by atoms with van der Waals surface area (Å²) < 4.78 is 20.6. The molecule has 10 heteroatoms. The van der Waals surface area contributed by atoms with Crippen molar-refractivity contribution in [1.82, 2.24) is 5.32 Å². The number of carbonyl (C=O) groups is 4. The molecule has 0 aliphatic carbocycles. The molecule has 1 N–H and O–H groups in total. The minimum Gasteiger partial charge on any atom is -0.456 e. The zero-order valence-electron chi connectivity index (χ0n) is 12.9. The molecular formula is C13H18ClNO8. The molecule has 1 aliphatic heterocycles. The highest BCUT2D eigenvalue weighted by Gasteiger charge is 2.47. The number of esters is 3. The summed E-state index contributed by atoms with van der Waals surface area (Å²) in [6, 6.07) is 0. The lowest BCUT2D eigenvalue weighted by Crippen LogP contribution is -2.62. The van der Waals surface area contributed by atoms with E-state index in [9.17, 15) is 19.2 Å². The van der Waals surface area contributed by atoms with Gasteiger partial charge in [-0.15, -0.1) is 11.6 Å². The number of nitrogens with one attached hydrogen (secondary N) is 1. The maximum absolute atomic E-state index is 11.4. The predicted octanol–water partition coefficient (Wildman–Crippen LogP) is -0.507. The Bertz CT molecular complexity index is 483. The summed E-state index contributed by atoms with van der Waals surface area (Å²) >= 11 is 5.41. The molecule has 1 aliphatic rings. The van der Waals surface area contributed by atoms with E-state index in [0.29, 0.717) is 0 Å². The topological polar surface area (TPSA) is 117 Å². The fourth-order valence-corrected chi connectivity index (χ4v) is 2.14. The third-order valence-electron chi connectivity index (χ3n) is 2.77. The summed E-state index contributed by atoms with van der Waals surface area (Å²) in [6.45, 7) is 3.30. The summed E-state index contributed by atoms with van der Waals surface area (Å²) in [7, 11) is 0. The highest BCUT2D eigenvalue weighted by molar-refractivity contribution is 6.27. The highest BCUT2D eigenvalue weighted by Crippen LogP contribution is 2.23. The van der Waals surface area contributed by atoms with Gasteiger partial charge in [-0.1, -0.05) is 0 Å². The average molecular weight is 352 g/mol. The van der Waals surface area contributed by atoms with Crippen molar-refractivity contribution < 1.29 is 38.1 Å². The van der Waals surface area contributed by atoms with Crippen LogP contribution in [0.5, 0.6) is 0 Å². The van der Waals surface area contributed by atoms with Gasteiger partial charge < -0.3 is 24.3 Å². The Balaban J connectivity index is 3.03. The van der Waals surface area contributed by atoms with Crippen molar-refractivity contribution in [1.29, 1.82) is 0 Å². The number of carbonyl (C=O) groups excluding carboxylic acids is 4. The molecule has 0 spiro atoms. The lowest BCUT2D eigenvalue weighted by molar-refractivity contribution is -0.229. The van der Waals surface area contributed by atoms with Gasteiger partial charge in [0, 0.05) is 20.8 Å². The monoisotopic (exact) mass is 351 g/mol. The molecule has 4 atom stereocenters. The Hall–Kier alpha value is -1.87. The first-order valence-electron chi connectivity index (χ1n) is 6.73. The largest absolute Gasteiger partial charge is 0.456 e. The molecule has 1 amide bonds. The third kappa shape index (κ3) is 6.03. The quantitative estimate of drug-likeness (QED) is 0.400. The van der Waals surface area contributed by atoms with Crippen LogP contribution in [0.4, 0.5) is 0 Å². The number of halogens is 1. The molecule has 1 fully saturated rings. The smallest absolute Gasteiger partial charge is 0.303 e. The molecule has 0 radical (unpaired) electrons. The summed E-state index contributed by atoms with van der Waals surface area (Å²) in [5.74, 6) is -2.89. The van der Waals surface area contributed by atoms with Gasteiger partial charge in [-0.2, -0.15) is 0 Å². The van der Waals surface area contributed by atoms with Gasteiger partial charge in [-0.3, -0.25) is 19.2 Å². The zero-order valence-corrected chi connectivity index (χ0v) is 13.6. The van der Waals surface area contributed by atoms with E-state index in [4.69, 9.17) is 30.5 Å². The van der Waals surface area contributed by atoms with Gasteiger partial charge in [0.25, 0.3) is 0 Å². The van der Waals surface area contributed by atoms with Gasteiger partial charge in [0.05, 0.1) is 6.61 Å². The molecule has 23 heavy (non-hydrogen) atoms. The maximum Gasteiger partial charge on any atom is 0.303 e. The Morgan fingerprint density at radius 3 is 2.00 bits per heavy atom. The summed E-state index contributed by atoms with van der Waals surface area (Å²) in [5, 5.41) is 2.40. The minimum atomic E-state index is -1.19. The molecule has 9 nitrogen and oxygen atoms in total. The highest BCUT2D eigenvalue weighted by atomic mass is 35.5. The fourth-order valence-electron chi connectivity index (χ4n) is 2.06. The lowest BCUT2D eigenvalue weighted by Gasteiger charge is -2.40. The van der Waals surface area contributed by atoms with Crippen molar-refractivity contribution in [2.75, 3.05) is 12.5 Å². The van der Waals surface area contributed by atoms with Gasteiger partial charge in [-0.05, 0) is 0 Å². The number of ether oxygens (including phenoxy) is 4. The van der Waals surface area contributed by atoms with Crippen LogP contribution in [-0.2, 0) is 38.1 Å². The Morgan fingerprint density at radius 2 is 1.52 bits per heavy atom. The van der Waals surface area contributed by atoms with E-state index < -0.39 is 48.4 Å². The van der Waals surface area contributed by atoms with Gasteiger partial charge in [0.1, 0.15) is 5.88 Å². The van der Waals surface area contributed by atoms with E-state index in [1.165, 1.54) is 6.92 Å². The number of alkyl halides is 1. The number of hydrogen-bond donors (Lipinski definition) is 1. The molecule has 0 unspecified atom stereocenters. The molecular weight excluding hydrogens is 334 g/mol. The first-order valence-corrected chi connectivity index (χ1v) is 7.26. The molecule has 130 valence electrons. The first-order chi connectivity index (χ1) is 10.7. The van der Waals surface area contributed by atoms with Crippen LogP contribution in [0, 0.1) is 0 Å². The van der Waals surface area contributed by atoms with Crippen LogP contribution >= 0.6 is 11.6 Å². The van der Waals surface area contributed by atoms with E-state index >= 15 is 0 Å². The van der Waals surface area contributed by atoms with Crippen molar-refractivity contribution in [2.24, 2.45) is 0 Å². The van der Waals surface area contributed by atoms with Gasteiger partial charge in [0.2, 0.25) is 5.91 Å². The second kappa shape index (κ2) is 8.68. The number of amides is 1. The van der Waals surface area contributed by atoms with Gasteiger partial charge >= 0.3 is 17.9 Å². The van der Waals surface area contributed by atoms with Crippen LogP contribution < -0.4 is 5.32 Å². The van der Waals surface area contributed by atoms with Crippen molar-refractivity contribution in [3.63, 3.8) is 0 Å². The van der Waals surface area contributed by atoms with Crippen LogP contribution in [0.15, 0.2) is 0 Å². The van der Waals surface area contributed by atoms with Crippen LogP contribution in [0.25, 0.3) is 0 Å².